The van der Waals surface area contributed by atoms with Gasteiger partial charge >= 0.3 is 0 Å². The zero-order chi connectivity index (χ0) is 16.2. The van der Waals surface area contributed by atoms with E-state index in [4.69, 9.17) is 0 Å². The highest BCUT2D eigenvalue weighted by molar-refractivity contribution is 7.99. The molecule has 0 spiro atoms. The van der Waals surface area contributed by atoms with E-state index in [1.54, 1.807) is 16.7 Å². The number of carbonyl (C=O) groups is 2. The lowest BCUT2D eigenvalue weighted by Crippen LogP contribution is -2.50. The quantitative estimate of drug-likeness (QED) is 0.800. The monoisotopic (exact) mass is 363 g/mol. The minimum atomic E-state index is -0.433. The molecule has 2 N–H and O–H groups in total. The van der Waals surface area contributed by atoms with Crippen LogP contribution >= 0.6 is 24.2 Å². The lowest BCUT2D eigenvalue weighted by molar-refractivity contribution is -0.144. The molecule has 134 valence electrons. The third kappa shape index (κ3) is 5.84. The summed E-state index contributed by atoms with van der Waals surface area (Å²) >= 11 is 1.66. The van der Waals surface area contributed by atoms with Crippen molar-refractivity contribution < 1.29 is 9.59 Å². The summed E-state index contributed by atoms with van der Waals surface area (Å²) in [5.74, 6) is 2.07. The molecule has 2 aliphatic rings. The van der Waals surface area contributed by atoms with Crippen LogP contribution in [-0.4, -0.2) is 54.0 Å². The van der Waals surface area contributed by atoms with Crippen molar-refractivity contribution in [2.75, 3.05) is 31.3 Å². The Labute approximate surface area is 150 Å². The number of rotatable bonds is 4. The smallest absolute Gasteiger partial charge is 0.243 e. The molecule has 0 aromatic carbocycles. The van der Waals surface area contributed by atoms with Crippen molar-refractivity contribution >= 4 is 36.0 Å². The van der Waals surface area contributed by atoms with Gasteiger partial charge in [-0.1, -0.05) is 20.8 Å². The van der Waals surface area contributed by atoms with Gasteiger partial charge in [0.15, 0.2) is 0 Å². The van der Waals surface area contributed by atoms with Gasteiger partial charge in [-0.3, -0.25) is 9.59 Å². The molecule has 0 aromatic heterocycles. The van der Waals surface area contributed by atoms with E-state index < -0.39 is 5.41 Å². The second-order valence-corrected chi connectivity index (χ2v) is 8.33. The lowest BCUT2D eigenvalue weighted by atomic mass is 9.94. The van der Waals surface area contributed by atoms with E-state index in [9.17, 15) is 9.59 Å². The zero-order valence-corrected chi connectivity index (χ0v) is 16.0. The fourth-order valence-electron chi connectivity index (χ4n) is 2.98. The average molecular weight is 364 g/mol. The summed E-state index contributed by atoms with van der Waals surface area (Å²) in [6.45, 7) is 8.61. The standard InChI is InChI=1S/C16H29N3O2S.ClH/c1-16(2,3)15(21)19-11-22-10-13(19)14(20)18-8-6-12-5-4-7-17-9-12;/h12-13,17H,4-11H2,1-3H3,(H,18,20);1H. The molecule has 2 aliphatic heterocycles. The van der Waals surface area contributed by atoms with Crippen LogP contribution in [-0.2, 0) is 9.59 Å². The first-order valence-corrected chi connectivity index (χ1v) is 9.42. The lowest BCUT2D eigenvalue weighted by Gasteiger charge is -2.29. The molecule has 23 heavy (non-hydrogen) atoms. The number of halogens is 1. The van der Waals surface area contributed by atoms with Crippen molar-refractivity contribution in [3.8, 4) is 0 Å². The zero-order valence-electron chi connectivity index (χ0n) is 14.4. The summed E-state index contributed by atoms with van der Waals surface area (Å²) in [5, 5.41) is 6.43. The van der Waals surface area contributed by atoms with E-state index in [0.29, 0.717) is 24.1 Å². The van der Waals surface area contributed by atoms with E-state index in [2.05, 4.69) is 10.6 Å². The van der Waals surface area contributed by atoms with Crippen LogP contribution < -0.4 is 10.6 Å². The molecular formula is C16H30ClN3O2S. The maximum Gasteiger partial charge on any atom is 0.243 e. The van der Waals surface area contributed by atoms with E-state index in [1.165, 1.54) is 12.8 Å². The topological polar surface area (TPSA) is 61.4 Å². The second-order valence-electron chi connectivity index (χ2n) is 7.33. The fourth-order valence-corrected chi connectivity index (χ4v) is 4.13. The van der Waals surface area contributed by atoms with Crippen molar-refractivity contribution in [1.82, 2.24) is 15.5 Å². The van der Waals surface area contributed by atoms with Crippen molar-refractivity contribution in [3.63, 3.8) is 0 Å². The molecule has 2 atom stereocenters. The number of amides is 2. The summed E-state index contributed by atoms with van der Waals surface area (Å²) in [7, 11) is 0. The Kier molecular flexibility index (Phi) is 8.18. The Morgan fingerprint density at radius 2 is 2.09 bits per heavy atom. The molecule has 2 amide bonds. The Hall–Kier alpha value is -0.460. The van der Waals surface area contributed by atoms with Crippen LogP contribution in [0.5, 0.6) is 0 Å². The Morgan fingerprint density at radius 3 is 2.70 bits per heavy atom. The van der Waals surface area contributed by atoms with E-state index >= 15 is 0 Å². The molecule has 0 bridgehead atoms. The van der Waals surface area contributed by atoms with Gasteiger partial charge in [0.1, 0.15) is 6.04 Å². The highest BCUT2D eigenvalue weighted by Gasteiger charge is 2.38. The molecule has 0 aliphatic carbocycles. The van der Waals surface area contributed by atoms with E-state index in [1.807, 2.05) is 20.8 Å². The molecule has 2 heterocycles. The Balaban J connectivity index is 0.00000264. The summed E-state index contributed by atoms with van der Waals surface area (Å²) in [5.41, 5.74) is -0.433. The number of nitrogens with zero attached hydrogens (tertiary/aromatic N) is 1. The number of nitrogens with one attached hydrogen (secondary N) is 2. The SMILES string of the molecule is CC(C)(C)C(=O)N1CSCC1C(=O)NCCC1CCCNC1.Cl. The molecule has 7 heteroatoms. The average Bonchev–Trinajstić information content (AvgIpc) is 2.95. The van der Waals surface area contributed by atoms with Crippen LogP contribution in [0.2, 0.25) is 0 Å². The normalized spacial score (nSPS) is 24.9. The second kappa shape index (κ2) is 9.14. The molecule has 2 rings (SSSR count). The number of carbonyl (C=O) groups excluding carboxylic acids is 2. The third-order valence-electron chi connectivity index (χ3n) is 4.34. The number of hydrogen-bond acceptors (Lipinski definition) is 4. The van der Waals surface area contributed by atoms with Gasteiger partial charge in [-0.15, -0.1) is 24.2 Å². The molecule has 0 aromatic rings. The Morgan fingerprint density at radius 1 is 1.35 bits per heavy atom. The van der Waals surface area contributed by atoms with Crippen molar-refractivity contribution in [2.24, 2.45) is 11.3 Å². The molecule has 2 fully saturated rings. The first-order chi connectivity index (χ1) is 10.4. The number of piperidine rings is 1. The van der Waals surface area contributed by atoms with Crippen LogP contribution in [0.25, 0.3) is 0 Å². The first kappa shape index (κ1) is 20.6. The van der Waals surface area contributed by atoms with Gasteiger partial charge in [-0.2, -0.15) is 0 Å². The van der Waals surface area contributed by atoms with Gasteiger partial charge in [0.25, 0.3) is 0 Å². The van der Waals surface area contributed by atoms with E-state index in [-0.39, 0.29) is 30.3 Å². The predicted molar refractivity (Wildman–Crippen MR) is 97.9 cm³/mol. The molecular weight excluding hydrogens is 334 g/mol. The van der Waals surface area contributed by atoms with Crippen LogP contribution in [0, 0.1) is 11.3 Å². The fraction of sp³-hybridized carbons (Fsp3) is 0.875. The van der Waals surface area contributed by atoms with Crippen LogP contribution in [0.15, 0.2) is 0 Å². The molecule has 5 nitrogen and oxygen atoms in total. The minimum absolute atomic E-state index is 0. The van der Waals surface area contributed by atoms with E-state index in [0.717, 1.165) is 19.5 Å². The highest BCUT2D eigenvalue weighted by Crippen LogP contribution is 2.27. The van der Waals surface area contributed by atoms with Gasteiger partial charge in [0.05, 0.1) is 5.88 Å². The van der Waals surface area contributed by atoms with Crippen molar-refractivity contribution in [1.29, 1.82) is 0 Å². The van der Waals surface area contributed by atoms with Crippen molar-refractivity contribution in [3.05, 3.63) is 0 Å². The van der Waals surface area contributed by atoms with Crippen molar-refractivity contribution in [2.45, 2.75) is 46.1 Å². The highest BCUT2D eigenvalue weighted by atomic mass is 35.5. The number of thioether (sulfide) groups is 1. The minimum Gasteiger partial charge on any atom is -0.354 e. The largest absolute Gasteiger partial charge is 0.354 e. The molecule has 2 saturated heterocycles. The predicted octanol–water partition coefficient (Wildman–Crippen LogP) is 1.86. The molecule has 2 unspecified atom stereocenters. The molecule has 0 saturated carbocycles. The van der Waals surface area contributed by atoms with Gasteiger partial charge < -0.3 is 15.5 Å². The maximum absolute atomic E-state index is 12.4. The van der Waals surface area contributed by atoms with Gasteiger partial charge in [-0.05, 0) is 38.3 Å². The Bertz CT molecular complexity index is 409. The molecule has 0 radical (unpaired) electrons. The van der Waals surface area contributed by atoms with Crippen LogP contribution in [0.3, 0.4) is 0 Å². The summed E-state index contributed by atoms with van der Waals surface area (Å²) < 4.78 is 0. The summed E-state index contributed by atoms with van der Waals surface area (Å²) in [4.78, 5) is 26.6. The third-order valence-corrected chi connectivity index (χ3v) is 5.35. The maximum atomic E-state index is 12.4. The summed E-state index contributed by atoms with van der Waals surface area (Å²) in [6, 6.07) is -0.304. The van der Waals surface area contributed by atoms with Gasteiger partial charge in [0, 0.05) is 17.7 Å². The first-order valence-electron chi connectivity index (χ1n) is 8.27. The van der Waals surface area contributed by atoms with Crippen LogP contribution in [0.4, 0.5) is 0 Å². The number of hydrogen-bond donors (Lipinski definition) is 2. The van der Waals surface area contributed by atoms with Crippen LogP contribution in [0.1, 0.15) is 40.0 Å². The van der Waals surface area contributed by atoms with Gasteiger partial charge in [-0.25, -0.2) is 0 Å². The van der Waals surface area contributed by atoms with Gasteiger partial charge in [0.2, 0.25) is 11.8 Å². The summed E-state index contributed by atoms with van der Waals surface area (Å²) in [6.07, 6.45) is 3.49.